The van der Waals surface area contributed by atoms with E-state index in [0.29, 0.717) is 17.9 Å². The maximum atomic E-state index is 12.2. The van der Waals surface area contributed by atoms with Gasteiger partial charge in [0.1, 0.15) is 11.6 Å². The van der Waals surface area contributed by atoms with Gasteiger partial charge < -0.3 is 10.2 Å². The van der Waals surface area contributed by atoms with Crippen LogP contribution in [-0.2, 0) is 0 Å². The smallest absolute Gasteiger partial charge is 0.387 e. The Labute approximate surface area is 98.5 Å². The van der Waals surface area contributed by atoms with Crippen molar-refractivity contribution < 1.29 is 13.5 Å². The van der Waals surface area contributed by atoms with Crippen molar-refractivity contribution in [3.05, 3.63) is 29.8 Å². The average molecular weight is 243 g/mol. The predicted molar refractivity (Wildman–Crippen MR) is 62.1 cm³/mol. The van der Waals surface area contributed by atoms with Gasteiger partial charge in [-0.2, -0.15) is 8.78 Å². The number of benzene rings is 1. The maximum absolute atomic E-state index is 12.2. The second kappa shape index (κ2) is 6.80. The minimum absolute atomic E-state index is 0.0512. The normalized spacial score (nSPS) is 11.7. The summed E-state index contributed by atoms with van der Waals surface area (Å²) in [5, 5.41) is 0. The summed E-state index contributed by atoms with van der Waals surface area (Å²) in [6, 6.07) is 6.37. The monoisotopic (exact) mass is 243 g/mol. The zero-order valence-electron chi connectivity index (χ0n) is 9.49. The summed E-state index contributed by atoms with van der Waals surface area (Å²) in [6.45, 7) is -0.358. The van der Waals surface area contributed by atoms with Crippen LogP contribution in [0.2, 0.25) is 0 Å². The number of rotatable bonds is 5. The Morgan fingerprint density at radius 3 is 2.76 bits per heavy atom. The number of hydrazine groups is 1. The first-order valence-electron chi connectivity index (χ1n) is 5.24. The van der Waals surface area contributed by atoms with Gasteiger partial charge in [0.05, 0.1) is 5.56 Å². The van der Waals surface area contributed by atoms with Crippen molar-refractivity contribution in [3.8, 4) is 5.75 Å². The van der Waals surface area contributed by atoms with Crippen molar-refractivity contribution in [2.75, 3.05) is 6.54 Å². The molecule has 17 heavy (non-hydrogen) atoms. The predicted octanol–water partition coefficient (Wildman–Crippen LogP) is 1.91. The second-order valence-corrected chi connectivity index (χ2v) is 3.25. The third-order valence-electron chi connectivity index (χ3n) is 1.99. The third kappa shape index (κ3) is 3.99. The largest absolute Gasteiger partial charge is 0.434 e. The van der Waals surface area contributed by atoms with Crippen molar-refractivity contribution in [1.29, 1.82) is 0 Å². The molecule has 6 heteroatoms. The summed E-state index contributed by atoms with van der Waals surface area (Å²) < 4.78 is 28.8. The van der Waals surface area contributed by atoms with Crippen LogP contribution in [0.4, 0.5) is 8.78 Å². The lowest BCUT2D eigenvalue weighted by Gasteiger charge is -2.12. The minimum Gasteiger partial charge on any atom is -0.434 e. The van der Waals surface area contributed by atoms with E-state index < -0.39 is 6.61 Å². The molecule has 0 bridgehead atoms. The third-order valence-corrected chi connectivity index (χ3v) is 1.99. The topological polar surface area (TPSA) is 59.6 Å². The molecule has 0 radical (unpaired) electrons. The van der Waals surface area contributed by atoms with Gasteiger partial charge >= 0.3 is 6.61 Å². The fourth-order valence-corrected chi connectivity index (χ4v) is 1.29. The van der Waals surface area contributed by atoms with Crippen LogP contribution in [0.1, 0.15) is 18.9 Å². The molecule has 0 saturated carbocycles. The number of nitrogens with two attached hydrogens (primary N) is 1. The van der Waals surface area contributed by atoms with Crippen molar-refractivity contribution in [2.24, 2.45) is 10.8 Å². The molecule has 0 heterocycles. The molecule has 0 amide bonds. The zero-order valence-corrected chi connectivity index (χ0v) is 9.49. The SMILES string of the molecule is CCCN=C(NN)c1ccccc1OC(F)F. The first-order valence-corrected chi connectivity index (χ1v) is 5.24. The van der Waals surface area contributed by atoms with E-state index in [1.54, 1.807) is 18.2 Å². The number of halogens is 2. The molecule has 0 fully saturated rings. The molecule has 1 aromatic carbocycles. The van der Waals surface area contributed by atoms with Crippen molar-refractivity contribution in [2.45, 2.75) is 20.0 Å². The summed E-state index contributed by atoms with van der Waals surface area (Å²) in [4.78, 5) is 4.15. The molecule has 1 rings (SSSR count). The van der Waals surface area contributed by atoms with Gasteiger partial charge in [-0.25, -0.2) is 5.84 Å². The number of alkyl halides is 2. The molecule has 0 unspecified atom stereocenters. The number of amidine groups is 1. The summed E-state index contributed by atoms with van der Waals surface area (Å²) in [6.07, 6.45) is 0.836. The highest BCUT2D eigenvalue weighted by atomic mass is 19.3. The second-order valence-electron chi connectivity index (χ2n) is 3.25. The molecule has 3 N–H and O–H groups in total. The Bertz CT molecular complexity index is 383. The van der Waals surface area contributed by atoms with E-state index in [4.69, 9.17) is 5.84 Å². The summed E-state index contributed by atoms with van der Waals surface area (Å²) in [7, 11) is 0. The number of hydrogen-bond acceptors (Lipinski definition) is 3. The van der Waals surface area contributed by atoms with E-state index in [2.05, 4.69) is 15.2 Å². The summed E-state index contributed by atoms with van der Waals surface area (Å²) >= 11 is 0. The molecule has 0 spiro atoms. The van der Waals surface area contributed by atoms with E-state index in [1.807, 2.05) is 6.92 Å². The molecule has 0 aliphatic rings. The molecule has 0 aromatic heterocycles. The van der Waals surface area contributed by atoms with Crippen LogP contribution in [0.3, 0.4) is 0 Å². The average Bonchev–Trinajstić information content (AvgIpc) is 2.31. The lowest BCUT2D eigenvalue weighted by atomic mass is 10.2. The Hall–Kier alpha value is -1.69. The minimum atomic E-state index is -2.87. The highest BCUT2D eigenvalue weighted by Crippen LogP contribution is 2.20. The number of aliphatic imine (C=N–C) groups is 1. The molecule has 0 atom stereocenters. The first kappa shape index (κ1) is 13.4. The van der Waals surface area contributed by atoms with Gasteiger partial charge in [-0.15, -0.1) is 0 Å². The first-order chi connectivity index (χ1) is 8.19. The lowest BCUT2D eigenvalue weighted by molar-refractivity contribution is -0.0499. The molecular formula is C11H15F2N3O. The van der Waals surface area contributed by atoms with Gasteiger partial charge in [0.15, 0.2) is 0 Å². The zero-order chi connectivity index (χ0) is 12.7. The van der Waals surface area contributed by atoms with Crippen molar-refractivity contribution >= 4 is 5.84 Å². The number of hydrogen-bond donors (Lipinski definition) is 2. The Balaban J connectivity index is 3.01. The van der Waals surface area contributed by atoms with Crippen LogP contribution in [0.15, 0.2) is 29.3 Å². The number of para-hydroxylation sites is 1. The molecule has 4 nitrogen and oxygen atoms in total. The molecule has 1 aromatic rings. The van der Waals surface area contributed by atoms with E-state index >= 15 is 0 Å². The Morgan fingerprint density at radius 1 is 1.47 bits per heavy atom. The van der Waals surface area contributed by atoms with Gasteiger partial charge in [0.2, 0.25) is 0 Å². The van der Waals surface area contributed by atoms with Gasteiger partial charge in [-0.3, -0.25) is 4.99 Å². The highest BCUT2D eigenvalue weighted by Gasteiger charge is 2.12. The Morgan fingerprint density at radius 2 is 2.18 bits per heavy atom. The quantitative estimate of drug-likeness (QED) is 0.359. The van der Waals surface area contributed by atoms with Crippen molar-refractivity contribution in [1.82, 2.24) is 5.43 Å². The number of nitrogens with zero attached hydrogens (tertiary/aromatic N) is 1. The van der Waals surface area contributed by atoms with E-state index in [1.165, 1.54) is 6.07 Å². The van der Waals surface area contributed by atoms with Crippen LogP contribution in [0, 0.1) is 0 Å². The summed E-state index contributed by atoms with van der Waals surface area (Å²) in [5.74, 6) is 5.71. The molecule has 0 aliphatic heterocycles. The van der Waals surface area contributed by atoms with Crippen LogP contribution < -0.4 is 16.0 Å². The van der Waals surface area contributed by atoms with Gasteiger partial charge in [-0.1, -0.05) is 19.1 Å². The van der Waals surface area contributed by atoms with Crippen LogP contribution in [-0.4, -0.2) is 19.0 Å². The van der Waals surface area contributed by atoms with Crippen LogP contribution in [0.5, 0.6) is 5.75 Å². The van der Waals surface area contributed by atoms with Gasteiger partial charge in [0, 0.05) is 6.54 Å². The van der Waals surface area contributed by atoms with Crippen LogP contribution >= 0.6 is 0 Å². The fourth-order valence-electron chi connectivity index (χ4n) is 1.29. The maximum Gasteiger partial charge on any atom is 0.387 e. The molecule has 94 valence electrons. The van der Waals surface area contributed by atoms with Gasteiger partial charge in [0.25, 0.3) is 0 Å². The standard InChI is InChI=1S/C11H15F2N3O/c1-2-7-15-10(16-14)8-5-3-4-6-9(8)17-11(12)13/h3-6,11H,2,7,14H2,1H3,(H,15,16). The molecule has 0 saturated heterocycles. The number of ether oxygens (including phenoxy) is 1. The number of nitrogens with one attached hydrogen (secondary N) is 1. The van der Waals surface area contributed by atoms with E-state index in [0.717, 1.165) is 6.42 Å². The summed E-state index contributed by atoms with van der Waals surface area (Å²) in [5.41, 5.74) is 2.81. The van der Waals surface area contributed by atoms with Gasteiger partial charge in [-0.05, 0) is 18.6 Å². The van der Waals surface area contributed by atoms with E-state index in [-0.39, 0.29) is 5.75 Å². The molecule has 0 aliphatic carbocycles. The van der Waals surface area contributed by atoms with Crippen molar-refractivity contribution in [3.63, 3.8) is 0 Å². The Kier molecular flexibility index (Phi) is 5.35. The van der Waals surface area contributed by atoms with Crippen LogP contribution in [0.25, 0.3) is 0 Å². The van der Waals surface area contributed by atoms with E-state index in [9.17, 15) is 8.78 Å². The fraction of sp³-hybridized carbons (Fsp3) is 0.364. The molecular weight excluding hydrogens is 228 g/mol. The lowest BCUT2D eigenvalue weighted by Crippen LogP contribution is -2.32. The highest BCUT2D eigenvalue weighted by molar-refractivity contribution is 6.00.